The summed E-state index contributed by atoms with van der Waals surface area (Å²) in [5.41, 5.74) is 4.32. The highest BCUT2D eigenvalue weighted by atomic mass is 14.9. The first kappa shape index (κ1) is 8.57. The van der Waals surface area contributed by atoms with Crippen molar-refractivity contribution in [2.75, 3.05) is 25.5 Å². The first-order valence-corrected chi connectivity index (χ1v) is 4.91. The number of nitrogens with one attached hydrogen (secondary N) is 2. The van der Waals surface area contributed by atoms with Gasteiger partial charge in [-0.2, -0.15) is 0 Å². The van der Waals surface area contributed by atoms with Crippen molar-refractivity contribution in [2.45, 2.75) is 12.8 Å². The van der Waals surface area contributed by atoms with Gasteiger partial charge in [0.15, 0.2) is 0 Å². The third kappa shape index (κ3) is 1.68. The summed E-state index contributed by atoms with van der Waals surface area (Å²) in [5.74, 6) is 0. The van der Waals surface area contributed by atoms with Crippen molar-refractivity contribution >= 4 is 5.69 Å². The highest BCUT2D eigenvalue weighted by Gasteiger charge is 2.12. The van der Waals surface area contributed by atoms with E-state index in [0.717, 1.165) is 19.5 Å². The average Bonchev–Trinajstić information content (AvgIpc) is 2.62. The molecule has 1 aliphatic rings. The second-order valence-corrected chi connectivity index (χ2v) is 3.48. The number of hydrogen-bond acceptors (Lipinski definition) is 2. The first-order chi connectivity index (χ1) is 6.42. The van der Waals surface area contributed by atoms with Crippen LogP contribution in [-0.4, -0.2) is 20.1 Å². The molecule has 0 bridgehead atoms. The summed E-state index contributed by atoms with van der Waals surface area (Å²) < 4.78 is 0. The lowest BCUT2D eigenvalue weighted by molar-refractivity contribution is 0.792. The van der Waals surface area contributed by atoms with Crippen molar-refractivity contribution in [1.82, 2.24) is 5.32 Å². The normalized spacial score (nSPS) is 13.9. The quantitative estimate of drug-likeness (QED) is 0.727. The largest absolute Gasteiger partial charge is 0.384 e. The molecule has 2 rings (SSSR count). The summed E-state index contributed by atoms with van der Waals surface area (Å²) in [4.78, 5) is 0. The van der Waals surface area contributed by atoms with Gasteiger partial charge in [0.05, 0.1) is 0 Å². The lowest BCUT2D eigenvalue weighted by Gasteiger charge is -2.07. The molecular weight excluding hydrogens is 160 g/mol. The molecule has 0 atom stereocenters. The molecule has 0 unspecified atom stereocenters. The van der Waals surface area contributed by atoms with Crippen molar-refractivity contribution in [1.29, 1.82) is 0 Å². The van der Waals surface area contributed by atoms with Crippen LogP contribution in [0.15, 0.2) is 18.2 Å². The van der Waals surface area contributed by atoms with Crippen LogP contribution in [0.5, 0.6) is 0 Å². The van der Waals surface area contributed by atoms with E-state index in [0.29, 0.717) is 0 Å². The maximum absolute atomic E-state index is 3.45. The summed E-state index contributed by atoms with van der Waals surface area (Å²) in [7, 11) is 2.00. The van der Waals surface area contributed by atoms with Gasteiger partial charge in [0.1, 0.15) is 0 Å². The Morgan fingerprint density at radius 1 is 1.46 bits per heavy atom. The Morgan fingerprint density at radius 2 is 2.38 bits per heavy atom. The second-order valence-electron chi connectivity index (χ2n) is 3.48. The van der Waals surface area contributed by atoms with E-state index in [-0.39, 0.29) is 0 Å². The van der Waals surface area contributed by atoms with Crippen LogP contribution in [0.4, 0.5) is 5.69 Å². The monoisotopic (exact) mass is 176 g/mol. The maximum Gasteiger partial charge on any atom is 0.0406 e. The molecule has 0 saturated carbocycles. The van der Waals surface area contributed by atoms with Crippen LogP contribution in [0, 0.1) is 0 Å². The minimum absolute atomic E-state index is 1.05. The SMILES string of the molecule is CNCCc1cccc2c1NCC2. The zero-order valence-corrected chi connectivity index (χ0v) is 8.06. The molecule has 0 aromatic heterocycles. The number of para-hydroxylation sites is 1. The Bertz CT molecular complexity index is 294. The molecule has 2 nitrogen and oxygen atoms in total. The van der Waals surface area contributed by atoms with E-state index >= 15 is 0 Å². The molecule has 70 valence electrons. The summed E-state index contributed by atoms with van der Waals surface area (Å²) in [6.45, 7) is 2.16. The topological polar surface area (TPSA) is 24.1 Å². The number of likely N-dealkylation sites (N-methyl/N-ethyl adjacent to an activating group) is 1. The third-order valence-corrected chi connectivity index (χ3v) is 2.58. The van der Waals surface area contributed by atoms with E-state index in [2.05, 4.69) is 28.8 Å². The van der Waals surface area contributed by atoms with E-state index in [1.807, 2.05) is 7.05 Å². The van der Waals surface area contributed by atoms with Crippen LogP contribution in [0.3, 0.4) is 0 Å². The molecule has 2 N–H and O–H groups in total. The zero-order valence-electron chi connectivity index (χ0n) is 8.06. The van der Waals surface area contributed by atoms with Crippen LogP contribution in [0.1, 0.15) is 11.1 Å². The second kappa shape index (κ2) is 3.79. The highest BCUT2D eigenvalue weighted by Crippen LogP contribution is 2.26. The molecule has 13 heavy (non-hydrogen) atoms. The number of fused-ring (bicyclic) bond motifs is 1. The van der Waals surface area contributed by atoms with Gasteiger partial charge >= 0.3 is 0 Å². The molecule has 1 aromatic rings. The number of rotatable bonds is 3. The highest BCUT2D eigenvalue weighted by molar-refractivity contribution is 5.61. The Labute approximate surface area is 79.4 Å². The predicted molar refractivity (Wildman–Crippen MR) is 56.3 cm³/mol. The molecule has 1 aliphatic heterocycles. The van der Waals surface area contributed by atoms with E-state index in [9.17, 15) is 0 Å². The Balaban J connectivity index is 2.20. The third-order valence-electron chi connectivity index (χ3n) is 2.58. The molecular formula is C11H16N2. The van der Waals surface area contributed by atoms with Gasteiger partial charge in [0.2, 0.25) is 0 Å². The van der Waals surface area contributed by atoms with E-state index in [1.54, 1.807) is 0 Å². The fraction of sp³-hybridized carbons (Fsp3) is 0.455. The van der Waals surface area contributed by atoms with Gasteiger partial charge in [-0.25, -0.2) is 0 Å². The van der Waals surface area contributed by atoms with E-state index in [4.69, 9.17) is 0 Å². The van der Waals surface area contributed by atoms with Gasteiger partial charge in [0.25, 0.3) is 0 Å². The zero-order chi connectivity index (χ0) is 9.10. The molecule has 0 fully saturated rings. The van der Waals surface area contributed by atoms with Crippen LogP contribution < -0.4 is 10.6 Å². The van der Waals surface area contributed by atoms with Crippen LogP contribution >= 0.6 is 0 Å². The standard InChI is InChI=1S/C11H16N2/c1-12-7-5-9-3-2-4-10-6-8-13-11(9)10/h2-4,12-13H,5-8H2,1H3. The Hall–Kier alpha value is -1.02. The minimum Gasteiger partial charge on any atom is -0.384 e. The molecule has 0 aliphatic carbocycles. The van der Waals surface area contributed by atoms with Crippen LogP contribution in [0.2, 0.25) is 0 Å². The predicted octanol–water partition coefficient (Wildman–Crippen LogP) is 1.42. The number of benzene rings is 1. The van der Waals surface area contributed by atoms with Gasteiger partial charge in [-0.1, -0.05) is 18.2 Å². The summed E-state index contributed by atoms with van der Waals surface area (Å²) in [6, 6.07) is 6.60. The van der Waals surface area contributed by atoms with Gasteiger partial charge < -0.3 is 10.6 Å². The van der Waals surface area contributed by atoms with Crippen molar-refractivity contribution < 1.29 is 0 Å². The van der Waals surface area contributed by atoms with Gasteiger partial charge in [0, 0.05) is 12.2 Å². The maximum atomic E-state index is 3.45. The molecule has 0 radical (unpaired) electrons. The molecule has 1 aromatic carbocycles. The first-order valence-electron chi connectivity index (χ1n) is 4.91. The Morgan fingerprint density at radius 3 is 3.23 bits per heavy atom. The van der Waals surface area contributed by atoms with Gasteiger partial charge in [-0.3, -0.25) is 0 Å². The average molecular weight is 176 g/mol. The molecule has 2 heteroatoms. The fourth-order valence-electron chi connectivity index (χ4n) is 1.88. The Kier molecular flexibility index (Phi) is 2.50. The van der Waals surface area contributed by atoms with Gasteiger partial charge in [-0.05, 0) is 37.6 Å². The summed E-state index contributed by atoms with van der Waals surface area (Å²) in [5, 5.41) is 6.63. The van der Waals surface area contributed by atoms with Crippen LogP contribution in [-0.2, 0) is 12.8 Å². The van der Waals surface area contributed by atoms with Crippen molar-refractivity contribution in [3.05, 3.63) is 29.3 Å². The summed E-state index contributed by atoms with van der Waals surface area (Å²) in [6.07, 6.45) is 2.30. The van der Waals surface area contributed by atoms with E-state index < -0.39 is 0 Å². The molecule has 1 heterocycles. The molecule has 0 amide bonds. The lowest BCUT2D eigenvalue weighted by atomic mass is 10.1. The number of hydrogen-bond donors (Lipinski definition) is 2. The molecule has 0 saturated heterocycles. The van der Waals surface area contributed by atoms with Crippen LogP contribution in [0.25, 0.3) is 0 Å². The van der Waals surface area contributed by atoms with Crippen molar-refractivity contribution in [3.63, 3.8) is 0 Å². The van der Waals surface area contributed by atoms with Crippen molar-refractivity contribution in [2.24, 2.45) is 0 Å². The van der Waals surface area contributed by atoms with E-state index in [1.165, 1.54) is 23.2 Å². The van der Waals surface area contributed by atoms with Crippen molar-refractivity contribution in [3.8, 4) is 0 Å². The fourth-order valence-corrected chi connectivity index (χ4v) is 1.88. The number of anilines is 1. The molecule has 0 spiro atoms. The van der Waals surface area contributed by atoms with Gasteiger partial charge in [-0.15, -0.1) is 0 Å². The lowest BCUT2D eigenvalue weighted by Crippen LogP contribution is -2.11. The smallest absolute Gasteiger partial charge is 0.0406 e. The summed E-state index contributed by atoms with van der Waals surface area (Å²) >= 11 is 0. The minimum atomic E-state index is 1.05.